The second-order valence-corrected chi connectivity index (χ2v) is 3.77. The third kappa shape index (κ3) is 3.52. The van der Waals surface area contributed by atoms with Crippen LogP contribution in [-0.2, 0) is 17.4 Å². The van der Waals surface area contributed by atoms with Crippen LogP contribution in [0.5, 0.6) is 5.75 Å². The van der Waals surface area contributed by atoms with E-state index >= 15 is 0 Å². The molecule has 0 atom stereocenters. The fraction of sp³-hybridized carbons (Fsp3) is 0.300. The second-order valence-electron chi connectivity index (χ2n) is 3.37. The van der Waals surface area contributed by atoms with Crippen molar-refractivity contribution >= 4 is 17.6 Å². The summed E-state index contributed by atoms with van der Waals surface area (Å²) in [4.78, 5) is 10.3. The highest BCUT2D eigenvalue weighted by Crippen LogP contribution is 2.40. The minimum atomic E-state index is -4.73. The average Bonchev–Trinajstić information content (AvgIpc) is 2.17. The van der Waals surface area contributed by atoms with Crippen LogP contribution in [0.2, 0.25) is 5.02 Å². The van der Waals surface area contributed by atoms with Crippen LogP contribution < -0.4 is 0 Å². The molecule has 1 aromatic rings. The van der Waals surface area contributed by atoms with E-state index in [9.17, 15) is 18.0 Å². The van der Waals surface area contributed by atoms with Crippen molar-refractivity contribution in [3.63, 3.8) is 0 Å². The van der Waals surface area contributed by atoms with E-state index in [-0.39, 0.29) is 18.4 Å². The molecular weight excluding hydrogens is 261 g/mol. The summed E-state index contributed by atoms with van der Waals surface area (Å²) in [5.74, 6) is -2.17. The SMILES string of the molecule is O=C(O)CCc1cc(Cl)c(O)c(C(F)(F)F)c1. The molecule has 94 valence electrons. The third-order valence-electron chi connectivity index (χ3n) is 2.06. The first-order valence-electron chi connectivity index (χ1n) is 4.52. The maximum Gasteiger partial charge on any atom is 0.420 e. The number of benzene rings is 1. The molecule has 1 rings (SSSR count). The Morgan fingerprint density at radius 3 is 2.41 bits per heavy atom. The van der Waals surface area contributed by atoms with E-state index in [1.165, 1.54) is 0 Å². The molecule has 1 aromatic carbocycles. The monoisotopic (exact) mass is 268 g/mol. The van der Waals surface area contributed by atoms with Gasteiger partial charge in [-0.25, -0.2) is 0 Å². The minimum absolute atomic E-state index is 0.0849. The molecule has 0 saturated carbocycles. The molecule has 0 aliphatic carbocycles. The second kappa shape index (κ2) is 4.83. The molecule has 0 unspecified atom stereocenters. The molecular formula is C10H8ClF3O3. The van der Waals surface area contributed by atoms with Crippen molar-refractivity contribution in [1.82, 2.24) is 0 Å². The van der Waals surface area contributed by atoms with Gasteiger partial charge in [0, 0.05) is 6.42 Å². The van der Waals surface area contributed by atoms with Crippen LogP contribution in [0.4, 0.5) is 13.2 Å². The lowest BCUT2D eigenvalue weighted by Gasteiger charge is -2.12. The van der Waals surface area contributed by atoms with Gasteiger partial charge >= 0.3 is 12.1 Å². The minimum Gasteiger partial charge on any atom is -0.506 e. The topological polar surface area (TPSA) is 57.5 Å². The Morgan fingerprint density at radius 1 is 1.35 bits per heavy atom. The van der Waals surface area contributed by atoms with Crippen LogP contribution in [0.3, 0.4) is 0 Å². The van der Waals surface area contributed by atoms with Crippen LogP contribution in [0.25, 0.3) is 0 Å². The molecule has 0 heterocycles. The Kier molecular flexibility index (Phi) is 3.87. The van der Waals surface area contributed by atoms with Gasteiger partial charge < -0.3 is 10.2 Å². The molecule has 0 spiro atoms. The molecule has 0 fully saturated rings. The van der Waals surface area contributed by atoms with E-state index < -0.39 is 28.5 Å². The Morgan fingerprint density at radius 2 is 1.94 bits per heavy atom. The van der Waals surface area contributed by atoms with E-state index in [4.69, 9.17) is 21.8 Å². The van der Waals surface area contributed by atoms with Crippen molar-refractivity contribution in [2.24, 2.45) is 0 Å². The number of carbonyl (C=O) groups is 1. The summed E-state index contributed by atoms with van der Waals surface area (Å²) in [5.41, 5.74) is -1.15. The van der Waals surface area contributed by atoms with E-state index in [1.54, 1.807) is 0 Å². The van der Waals surface area contributed by atoms with Gasteiger partial charge in [0.15, 0.2) is 0 Å². The number of hydrogen-bond acceptors (Lipinski definition) is 2. The Balaban J connectivity index is 3.11. The number of phenolic OH excluding ortho intramolecular Hbond substituents is 1. The van der Waals surface area contributed by atoms with Gasteiger partial charge in [-0.3, -0.25) is 4.79 Å². The van der Waals surface area contributed by atoms with Crippen molar-refractivity contribution < 1.29 is 28.2 Å². The summed E-state index contributed by atoms with van der Waals surface area (Å²) < 4.78 is 37.4. The predicted molar refractivity (Wildman–Crippen MR) is 54.1 cm³/mol. The molecule has 0 aliphatic heterocycles. The van der Waals surface area contributed by atoms with E-state index in [0.29, 0.717) is 6.07 Å². The standard InChI is InChI=1S/C10H8ClF3O3/c11-7-4-5(1-2-8(15)16)3-6(9(7)17)10(12,13)14/h3-4,17H,1-2H2,(H,15,16). The highest BCUT2D eigenvalue weighted by Gasteiger charge is 2.35. The van der Waals surface area contributed by atoms with Gasteiger partial charge in [-0.15, -0.1) is 0 Å². The van der Waals surface area contributed by atoms with Gasteiger partial charge in [0.1, 0.15) is 5.75 Å². The number of aliphatic carboxylic acids is 1. The normalized spacial score (nSPS) is 11.5. The lowest BCUT2D eigenvalue weighted by Crippen LogP contribution is -2.07. The Bertz CT molecular complexity index is 443. The van der Waals surface area contributed by atoms with Crippen LogP contribution >= 0.6 is 11.6 Å². The summed E-state index contributed by atoms with van der Waals surface area (Å²) in [6.07, 6.45) is -5.12. The van der Waals surface area contributed by atoms with Gasteiger partial charge in [0.25, 0.3) is 0 Å². The molecule has 0 saturated heterocycles. The van der Waals surface area contributed by atoms with Crippen LogP contribution in [0, 0.1) is 0 Å². The largest absolute Gasteiger partial charge is 0.506 e. The Hall–Kier alpha value is -1.43. The van der Waals surface area contributed by atoms with Crippen LogP contribution in [0.1, 0.15) is 17.5 Å². The number of carboxylic acids is 1. The van der Waals surface area contributed by atoms with Crippen molar-refractivity contribution in [1.29, 1.82) is 0 Å². The van der Waals surface area contributed by atoms with Crippen molar-refractivity contribution in [2.45, 2.75) is 19.0 Å². The fourth-order valence-electron chi connectivity index (χ4n) is 1.27. The number of alkyl halides is 3. The number of carboxylic acid groups (broad SMARTS) is 1. The first-order valence-corrected chi connectivity index (χ1v) is 4.90. The summed E-state index contributed by atoms with van der Waals surface area (Å²) in [6.45, 7) is 0. The first kappa shape index (κ1) is 13.6. The first-order chi connectivity index (χ1) is 7.71. The zero-order valence-electron chi connectivity index (χ0n) is 8.38. The summed E-state index contributed by atoms with van der Waals surface area (Å²) >= 11 is 5.44. The maximum atomic E-state index is 12.5. The van der Waals surface area contributed by atoms with Crippen LogP contribution in [-0.4, -0.2) is 16.2 Å². The predicted octanol–water partition coefficient (Wildman–Crippen LogP) is 3.08. The number of aromatic hydroxyl groups is 1. The van der Waals surface area contributed by atoms with E-state index in [1.807, 2.05) is 0 Å². The summed E-state index contributed by atoms with van der Waals surface area (Å²) in [5, 5.41) is 17.1. The molecule has 2 N–H and O–H groups in total. The number of rotatable bonds is 3. The highest BCUT2D eigenvalue weighted by atomic mass is 35.5. The Labute approximate surface area is 99.4 Å². The zero-order valence-corrected chi connectivity index (χ0v) is 9.14. The molecule has 7 heteroatoms. The molecule has 0 aliphatic rings. The molecule has 0 aromatic heterocycles. The lowest BCUT2D eigenvalue weighted by atomic mass is 10.1. The fourth-order valence-corrected chi connectivity index (χ4v) is 1.51. The maximum absolute atomic E-state index is 12.5. The highest BCUT2D eigenvalue weighted by molar-refractivity contribution is 6.32. The smallest absolute Gasteiger partial charge is 0.420 e. The van der Waals surface area contributed by atoms with Crippen molar-refractivity contribution in [3.05, 3.63) is 28.3 Å². The van der Waals surface area contributed by atoms with Gasteiger partial charge in [-0.05, 0) is 24.1 Å². The number of hydrogen-bond donors (Lipinski definition) is 2. The van der Waals surface area contributed by atoms with E-state index in [0.717, 1.165) is 6.07 Å². The number of aryl methyl sites for hydroxylation is 1. The molecule has 0 bridgehead atoms. The zero-order chi connectivity index (χ0) is 13.2. The van der Waals surface area contributed by atoms with Crippen LogP contribution in [0.15, 0.2) is 12.1 Å². The quantitative estimate of drug-likeness (QED) is 0.886. The van der Waals surface area contributed by atoms with Gasteiger partial charge in [0.2, 0.25) is 0 Å². The average molecular weight is 269 g/mol. The van der Waals surface area contributed by atoms with E-state index in [2.05, 4.69) is 0 Å². The van der Waals surface area contributed by atoms with Gasteiger partial charge in [-0.1, -0.05) is 11.6 Å². The van der Waals surface area contributed by atoms with Gasteiger partial charge in [-0.2, -0.15) is 13.2 Å². The molecule has 0 amide bonds. The molecule has 0 radical (unpaired) electrons. The summed E-state index contributed by atoms with van der Waals surface area (Å²) in [7, 11) is 0. The summed E-state index contributed by atoms with van der Waals surface area (Å²) in [6, 6.07) is 1.82. The molecule has 17 heavy (non-hydrogen) atoms. The van der Waals surface area contributed by atoms with Crippen molar-refractivity contribution in [2.75, 3.05) is 0 Å². The number of halogens is 4. The molecule has 3 nitrogen and oxygen atoms in total. The van der Waals surface area contributed by atoms with Gasteiger partial charge in [0.05, 0.1) is 10.6 Å². The third-order valence-corrected chi connectivity index (χ3v) is 2.34. The van der Waals surface area contributed by atoms with Crippen molar-refractivity contribution in [3.8, 4) is 5.75 Å². The number of phenols is 1. The lowest BCUT2D eigenvalue weighted by molar-refractivity contribution is -0.139.